The van der Waals surface area contributed by atoms with E-state index in [0.717, 1.165) is 13.2 Å². The number of carboxylic acid groups (broad SMARTS) is 1. The smallest absolute Gasteiger partial charge is 0.300 e. The summed E-state index contributed by atoms with van der Waals surface area (Å²) < 4.78 is 10.5. The molecular formula is C16H52B2Fm2N4O6+2. The van der Waals surface area contributed by atoms with E-state index < -0.39 is 5.97 Å². The maximum Gasteiger partial charge on any atom is 0.300 e. The number of rotatable bonds is 1. The molecule has 30 heavy (non-hydrogen) atoms. The van der Waals surface area contributed by atoms with Crippen LogP contribution in [0.25, 0.3) is 0 Å². The van der Waals surface area contributed by atoms with Gasteiger partial charge in [0.15, 0.2) is 0 Å². The monoisotopic (exact) mass is 937 g/mol. The minimum atomic E-state index is -0.833. The van der Waals surface area contributed by atoms with E-state index in [1.54, 1.807) is 34.2 Å². The first-order valence-electron chi connectivity index (χ1n) is 7.15. The third kappa shape index (κ3) is 1590000. The van der Waals surface area contributed by atoms with Crippen molar-refractivity contribution in [2.45, 2.75) is 57.4 Å². The minimum absolute atomic E-state index is 0. The predicted octanol–water partition coefficient (Wildman–Crippen LogP) is 0.275. The topological polar surface area (TPSA) is 172 Å². The van der Waals surface area contributed by atoms with Crippen LogP contribution >= 0.6 is 0 Å². The fraction of sp³-hybridized carbons (Fsp3) is 0.750. The van der Waals surface area contributed by atoms with Gasteiger partial charge in [-0.1, -0.05) is 29.7 Å². The van der Waals surface area contributed by atoms with Crippen molar-refractivity contribution in [2.75, 3.05) is 28.3 Å². The molecule has 0 aromatic carbocycles. The van der Waals surface area contributed by atoms with Gasteiger partial charge >= 0.3 is 0 Å². The molecule has 0 bridgehead atoms. The average molecular weight is 936 g/mol. The molecule has 14 heteroatoms. The fourth-order valence-electron chi connectivity index (χ4n) is 0.105. The second kappa shape index (κ2) is 222. The standard InChI is InChI=1S/2C3H7NO.C2H4O2.C2H4O.CH5NO.CH5N.4CH4.2BH.2Fm/c1-3-4-5-2;1-3(5)4-2;1-2(3)4;1-2-3;1-3-2;1-2;;;;;;;;/h3H,1-2H3;1-2H3,(H,4,5);1H3,(H,3,4);2H,1H3;2H2,1H3;2H2,1H3;4*1H4;2*1H;;/p+2/i;;;;;;;;;;2*1T;;. The van der Waals surface area contributed by atoms with E-state index in [9.17, 15) is 4.79 Å². The second-order valence-corrected chi connectivity index (χ2v) is 2.37. The van der Waals surface area contributed by atoms with Crippen LogP contribution in [0, 0.1) is 0 Å². The molecule has 0 aliphatic rings. The number of aldehydes is 1. The van der Waals surface area contributed by atoms with Gasteiger partial charge in [0.25, 0.3) is 12.3 Å². The summed E-state index contributed by atoms with van der Waals surface area (Å²) in [4.78, 5) is 34.2. The summed E-state index contributed by atoms with van der Waals surface area (Å²) in [5.41, 5.74) is 3.25. The summed E-state index contributed by atoms with van der Waals surface area (Å²) in [6.45, 7) is 5.91. The Morgan fingerprint density at radius 1 is 1.10 bits per heavy atom. The van der Waals surface area contributed by atoms with Crippen molar-refractivity contribution >= 4 is 41.1 Å². The van der Waals surface area contributed by atoms with Crippen LogP contribution in [0.15, 0.2) is 5.16 Å². The van der Waals surface area contributed by atoms with Crippen molar-refractivity contribution in [3.8, 4) is 0 Å². The molecule has 8 N–H and O–H groups in total. The maximum absolute atomic E-state index is 9.70. The fourth-order valence-corrected chi connectivity index (χ4v) is 0.105. The predicted molar refractivity (Wildman–Crippen MR) is 129 cm³/mol. The zero-order chi connectivity index (χ0) is 23.4. The largest absolute Gasteiger partial charge is 0.481 e. The van der Waals surface area contributed by atoms with Gasteiger partial charge in [0.1, 0.15) is 7.11 Å². The molecule has 0 aromatic heterocycles. The molecule has 4 radical (unpaired) electrons. The van der Waals surface area contributed by atoms with Gasteiger partial charge in [-0.05, 0) is 9.60 Å². The van der Waals surface area contributed by atoms with Gasteiger partial charge in [-0.2, -0.15) is 0 Å². The minimum Gasteiger partial charge on any atom is -0.481 e. The first kappa shape index (κ1) is 82.7. The van der Waals surface area contributed by atoms with Crippen LogP contribution in [0.4, 0.5) is 0 Å². The number of nitrogens with two attached hydrogens (primary N) is 1. The van der Waals surface area contributed by atoms with E-state index in [0.29, 0.717) is 0 Å². The van der Waals surface area contributed by atoms with E-state index in [1.807, 2.05) is 0 Å². The van der Waals surface area contributed by atoms with Crippen LogP contribution in [-0.2, 0) is 19.3 Å². The van der Waals surface area contributed by atoms with Gasteiger partial charge in [0.05, 0.1) is 14.2 Å². The molecule has 0 saturated heterocycles. The van der Waals surface area contributed by atoms with E-state index in [1.165, 1.54) is 21.1 Å². The molecule has 0 saturated carbocycles. The second-order valence-electron chi connectivity index (χ2n) is 2.37. The van der Waals surface area contributed by atoms with E-state index in [4.69, 9.17) is 17.4 Å². The quantitative estimate of drug-likeness (QED) is 0.0968. The Bertz CT molecular complexity index is 257. The maximum atomic E-state index is 9.70. The number of nitrogens with one attached hydrogen (secondary N) is 1. The Hall–Kier alpha value is -3.91. The summed E-state index contributed by atoms with van der Waals surface area (Å²) in [7, 11) is 13.8. The van der Waals surface area contributed by atoms with Crippen LogP contribution in [0.1, 0.15) is 57.4 Å². The normalized spacial score (nSPS) is 5.13. The summed E-state index contributed by atoms with van der Waals surface area (Å²) in [6.07, 6.45) is 2.58. The molecule has 0 heterocycles. The van der Waals surface area contributed by atoms with Crippen LogP contribution in [0.2, 0.25) is 0 Å². The number of carbonyl (C=O) groups is 2. The summed E-state index contributed by atoms with van der Waals surface area (Å²) in [6, 6.07) is 0. The van der Waals surface area contributed by atoms with Gasteiger partial charge in [0, 0.05) is 50.8 Å². The molecule has 0 aromatic rings. The van der Waals surface area contributed by atoms with Crippen LogP contribution in [0.3, 0.4) is 0 Å². The first-order chi connectivity index (χ1) is 12.2. The number of aliphatic carboxylic acids is 1. The Morgan fingerprint density at radius 3 is 1.23 bits per heavy atom. The first-order valence-corrected chi connectivity index (χ1v) is 5.99. The molecule has 0 rings (SSSR count). The number of hydrogen-bond acceptors (Lipinski definition) is 6. The van der Waals surface area contributed by atoms with Crippen LogP contribution in [-0.4, -0.2) is 82.0 Å². The Kier molecular flexibility index (Phi) is 614. The summed E-state index contributed by atoms with van der Waals surface area (Å²) in [5, 5.41) is 13.2. The molecule has 0 spiro atoms. The van der Waals surface area contributed by atoms with Gasteiger partial charge < -0.3 is 25.8 Å². The number of hydrogen-bond donors (Lipinski definition) is 4. The van der Waals surface area contributed by atoms with Crippen molar-refractivity contribution in [3.63, 3.8) is 0 Å². The number of carboxylic acids is 1. The zero-order valence-electron chi connectivity index (χ0n) is 18.6. The van der Waals surface area contributed by atoms with E-state index in [-0.39, 0.29) is 35.6 Å². The average Bonchev–Trinajstić information content (AvgIpc) is 2.62. The molecule has 10 nitrogen and oxygen atoms in total. The number of amides is 1. The van der Waals surface area contributed by atoms with Crippen molar-refractivity contribution in [1.29, 1.82) is 2.67 Å². The number of oxime groups is 1. The van der Waals surface area contributed by atoms with Gasteiger partial charge in [-0.15, -0.1) is 5.16 Å². The molecule has 0 unspecified atom stereocenters. The Labute approximate surface area is 181 Å². The Balaban J connectivity index is -0.00000000962. The van der Waals surface area contributed by atoms with Crippen molar-refractivity contribution in [1.82, 2.24) is 5.32 Å². The third-order valence-electron chi connectivity index (χ3n) is 0.563. The summed E-state index contributed by atoms with van der Waals surface area (Å²) in [5.74, 6) is 3.52. The van der Waals surface area contributed by atoms with Crippen molar-refractivity contribution in [3.05, 3.63) is 0 Å². The Morgan fingerprint density at radius 2 is 1.23 bits per heavy atom. The third-order valence-corrected chi connectivity index (χ3v) is 0.563. The summed E-state index contributed by atoms with van der Waals surface area (Å²) >= 11 is 0. The molecule has 1 amide bonds. The molecule has 0 fully saturated rings. The SMILES string of the molecule is C.C.C.C.CC(=O)O.CC=NOC.CC=[OH+].CNC(C)=O.CON.C[NH3+].[3H][B].[3H][B].[Fm].[Fm]. The van der Waals surface area contributed by atoms with Crippen LogP contribution in [0.5, 0.6) is 0 Å². The zero-order valence-corrected chi connectivity index (χ0v) is 21.5. The van der Waals surface area contributed by atoms with Crippen molar-refractivity contribution < 1.29 is 34.9 Å². The van der Waals surface area contributed by atoms with Crippen molar-refractivity contribution in [2.24, 2.45) is 11.1 Å². The number of carbonyl (C=O) groups excluding carboxylic acids is 2. The number of quaternary nitrogens is 1. The van der Waals surface area contributed by atoms with Gasteiger partial charge in [0.2, 0.25) is 5.91 Å². The van der Waals surface area contributed by atoms with Gasteiger partial charge in [-0.25, -0.2) is 5.90 Å². The molecule has 0 aliphatic carbocycles. The molecular weight excluding hydrogens is 880 g/mol. The van der Waals surface area contributed by atoms with E-state index >= 15 is 0 Å². The molecule has 0 aliphatic heterocycles. The van der Waals surface area contributed by atoms with E-state index in [2.05, 4.69) is 48.5 Å². The van der Waals surface area contributed by atoms with Gasteiger partial charge in [-0.3, -0.25) is 14.4 Å². The van der Waals surface area contributed by atoms with Crippen LogP contribution < -0.4 is 16.9 Å². The molecule has 200 valence electrons. The number of nitrogens with zero attached hydrogens (tertiary/aromatic N) is 1. The molecule has 0 atom stereocenters.